The fourth-order valence-corrected chi connectivity index (χ4v) is 1.47. The van der Waals surface area contributed by atoms with Crippen LogP contribution in [0.5, 0.6) is 0 Å². The zero-order chi connectivity index (χ0) is 12.3. The Bertz CT molecular complexity index is 525. The average molecular weight is 250 g/mol. The van der Waals surface area contributed by atoms with Crippen molar-refractivity contribution in [2.45, 2.75) is 0 Å². The summed E-state index contributed by atoms with van der Waals surface area (Å²) in [6.07, 6.45) is 2.84. The highest BCUT2D eigenvalue weighted by Gasteiger charge is 2.09. The number of carbonyl (C=O) groups excluding carboxylic acids is 1. The molecule has 0 spiro atoms. The summed E-state index contributed by atoms with van der Waals surface area (Å²) in [4.78, 5) is 15.6. The summed E-state index contributed by atoms with van der Waals surface area (Å²) < 4.78 is 0. The lowest BCUT2D eigenvalue weighted by Crippen LogP contribution is -2.14. The molecule has 3 N–H and O–H groups in total. The zero-order valence-electron chi connectivity index (χ0n) is 8.59. The SMILES string of the molecule is Nc1cc(Cl)cc(C(=O)Nc2nccnn2)c1. The van der Waals surface area contributed by atoms with Gasteiger partial charge in [-0.3, -0.25) is 10.1 Å². The van der Waals surface area contributed by atoms with Crippen molar-refractivity contribution in [1.82, 2.24) is 15.2 Å². The van der Waals surface area contributed by atoms with Crippen LogP contribution in [0.2, 0.25) is 5.02 Å². The maximum absolute atomic E-state index is 11.8. The van der Waals surface area contributed by atoms with E-state index in [1.165, 1.54) is 24.5 Å². The topological polar surface area (TPSA) is 93.8 Å². The van der Waals surface area contributed by atoms with Gasteiger partial charge in [0.25, 0.3) is 5.91 Å². The minimum atomic E-state index is -0.396. The molecule has 0 saturated heterocycles. The smallest absolute Gasteiger partial charge is 0.258 e. The highest BCUT2D eigenvalue weighted by atomic mass is 35.5. The van der Waals surface area contributed by atoms with Crippen molar-refractivity contribution in [2.24, 2.45) is 0 Å². The molecule has 0 aliphatic rings. The van der Waals surface area contributed by atoms with Crippen molar-refractivity contribution in [1.29, 1.82) is 0 Å². The molecule has 0 saturated carbocycles. The van der Waals surface area contributed by atoms with E-state index in [9.17, 15) is 4.79 Å². The molecule has 0 radical (unpaired) electrons. The Kier molecular flexibility index (Phi) is 3.15. The van der Waals surface area contributed by atoms with Crippen molar-refractivity contribution in [3.8, 4) is 0 Å². The van der Waals surface area contributed by atoms with Gasteiger partial charge in [-0.1, -0.05) is 11.6 Å². The second-order valence-electron chi connectivity index (χ2n) is 3.19. The van der Waals surface area contributed by atoms with Gasteiger partial charge in [-0.05, 0) is 18.2 Å². The highest BCUT2D eigenvalue weighted by molar-refractivity contribution is 6.31. The number of benzene rings is 1. The van der Waals surface area contributed by atoms with E-state index in [0.717, 1.165) is 0 Å². The van der Waals surface area contributed by atoms with Crippen molar-refractivity contribution in [2.75, 3.05) is 11.1 Å². The Morgan fingerprint density at radius 3 is 2.76 bits per heavy atom. The molecule has 1 amide bonds. The molecule has 0 fully saturated rings. The molecule has 1 aromatic carbocycles. The van der Waals surface area contributed by atoms with E-state index in [-0.39, 0.29) is 5.95 Å². The van der Waals surface area contributed by atoms with E-state index in [1.807, 2.05) is 0 Å². The Balaban J connectivity index is 2.20. The third-order valence-electron chi connectivity index (χ3n) is 1.89. The van der Waals surface area contributed by atoms with E-state index in [1.54, 1.807) is 6.07 Å². The van der Waals surface area contributed by atoms with Crippen LogP contribution in [0.4, 0.5) is 11.6 Å². The van der Waals surface area contributed by atoms with Crippen molar-refractivity contribution < 1.29 is 4.79 Å². The summed E-state index contributed by atoms with van der Waals surface area (Å²) in [6.45, 7) is 0. The normalized spacial score (nSPS) is 9.94. The number of nitrogen functional groups attached to an aromatic ring is 1. The first-order valence-electron chi connectivity index (χ1n) is 4.66. The molecule has 1 heterocycles. The molecule has 0 unspecified atom stereocenters. The fraction of sp³-hybridized carbons (Fsp3) is 0. The van der Waals surface area contributed by atoms with Gasteiger partial charge in [0, 0.05) is 16.3 Å². The summed E-state index contributed by atoms with van der Waals surface area (Å²) in [7, 11) is 0. The summed E-state index contributed by atoms with van der Waals surface area (Å²) in [5.74, 6) is -0.275. The third-order valence-corrected chi connectivity index (χ3v) is 2.11. The van der Waals surface area contributed by atoms with Crippen LogP contribution >= 0.6 is 11.6 Å². The highest BCUT2D eigenvalue weighted by Crippen LogP contribution is 2.17. The van der Waals surface area contributed by atoms with Gasteiger partial charge >= 0.3 is 0 Å². The largest absolute Gasteiger partial charge is 0.399 e. The maximum Gasteiger partial charge on any atom is 0.258 e. The minimum Gasteiger partial charge on any atom is -0.399 e. The van der Waals surface area contributed by atoms with Crippen LogP contribution in [0.3, 0.4) is 0 Å². The molecule has 0 atom stereocenters. The lowest BCUT2D eigenvalue weighted by atomic mass is 10.2. The predicted molar refractivity (Wildman–Crippen MR) is 63.6 cm³/mol. The number of aromatic nitrogens is 3. The molecule has 2 aromatic rings. The second-order valence-corrected chi connectivity index (χ2v) is 3.63. The van der Waals surface area contributed by atoms with Crippen LogP contribution in [0.15, 0.2) is 30.6 Å². The molecule has 0 aliphatic heterocycles. The first-order chi connectivity index (χ1) is 8.15. The van der Waals surface area contributed by atoms with Crippen LogP contribution in [0, 0.1) is 0 Å². The number of carbonyl (C=O) groups is 1. The van der Waals surface area contributed by atoms with Gasteiger partial charge in [0.1, 0.15) is 0 Å². The van der Waals surface area contributed by atoms with Gasteiger partial charge in [-0.15, -0.1) is 5.10 Å². The molecule has 86 valence electrons. The van der Waals surface area contributed by atoms with Crippen LogP contribution in [-0.2, 0) is 0 Å². The van der Waals surface area contributed by atoms with Gasteiger partial charge in [0.2, 0.25) is 5.95 Å². The number of rotatable bonds is 2. The number of nitrogens with zero attached hydrogens (tertiary/aromatic N) is 3. The second kappa shape index (κ2) is 4.75. The maximum atomic E-state index is 11.8. The van der Waals surface area contributed by atoms with Gasteiger partial charge in [-0.2, -0.15) is 5.10 Å². The quantitative estimate of drug-likeness (QED) is 0.784. The molecular formula is C10H8ClN5O. The number of hydrogen-bond acceptors (Lipinski definition) is 5. The number of hydrogen-bond donors (Lipinski definition) is 2. The zero-order valence-corrected chi connectivity index (χ0v) is 9.35. The number of anilines is 2. The number of nitrogens with one attached hydrogen (secondary N) is 1. The van der Waals surface area contributed by atoms with Gasteiger partial charge in [0.15, 0.2) is 0 Å². The van der Waals surface area contributed by atoms with E-state index < -0.39 is 5.91 Å². The summed E-state index contributed by atoms with van der Waals surface area (Å²) in [5, 5.41) is 10.1. The van der Waals surface area contributed by atoms with E-state index >= 15 is 0 Å². The van der Waals surface area contributed by atoms with E-state index in [2.05, 4.69) is 20.5 Å². The Morgan fingerprint density at radius 1 is 1.29 bits per heavy atom. The minimum absolute atomic E-state index is 0.121. The number of halogens is 1. The molecule has 6 nitrogen and oxygen atoms in total. The Morgan fingerprint density at radius 2 is 2.12 bits per heavy atom. The Hall–Kier alpha value is -2.21. The average Bonchev–Trinajstić information content (AvgIpc) is 2.29. The summed E-state index contributed by atoms with van der Waals surface area (Å²) in [5.41, 5.74) is 6.33. The Labute approximate surface area is 102 Å². The fourth-order valence-electron chi connectivity index (χ4n) is 1.22. The van der Waals surface area contributed by atoms with E-state index in [4.69, 9.17) is 17.3 Å². The molecule has 17 heavy (non-hydrogen) atoms. The molecule has 1 aromatic heterocycles. The van der Waals surface area contributed by atoms with Crippen molar-refractivity contribution in [3.63, 3.8) is 0 Å². The first kappa shape index (κ1) is 11.3. The summed E-state index contributed by atoms with van der Waals surface area (Å²) in [6, 6.07) is 4.57. The lowest BCUT2D eigenvalue weighted by molar-refractivity contribution is 0.102. The van der Waals surface area contributed by atoms with Crippen LogP contribution < -0.4 is 11.1 Å². The van der Waals surface area contributed by atoms with E-state index in [0.29, 0.717) is 16.3 Å². The predicted octanol–water partition coefficient (Wildman–Crippen LogP) is 1.36. The van der Waals surface area contributed by atoms with Crippen LogP contribution in [-0.4, -0.2) is 21.1 Å². The van der Waals surface area contributed by atoms with Crippen molar-refractivity contribution in [3.05, 3.63) is 41.2 Å². The molecule has 0 aliphatic carbocycles. The summed E-state index contributed by atoms with van der Waals surface area (Å²) >= 11 is 5.79. The lowest BCUT2D eigenvalue weighted by Gasteiger charge is -2.04. The van der Waals surface area contributed by atoms with Crippen LogP contribution in [0.1, 0.15) is 10.4 Å². The first-order valence-corrected chi connectivity index (χ1v) is 5.04. The monoisotopic (exact) mass is 249 g/mol. The van der Waals surface area contributed by atoms with Crippen LogP contribution in [0.25, 0.3) is 0 Å². The number of amides is 1. The van der Waals surface area contributed by atoms with Gasteiger partial charge in [0.05, 0.1) is 12.4 Å². The molecule has 0 bridgehead atoms. The van der Waals surface area contributed by atoms with Crippen molar-refractivity contribution >= 4 is 29.1 Å². The molecule has 2 rings (SSSR count). The van der Waals surface area contributed by atoms with Gasteiger partial charge in [-0.25, -0.2) is 4.98 Å². The molecule has 7 heteroatoms. The third kappa shape index (κ3) is 2.88. The molecular weight excluding hydrogens is 242 g/mol. The number of nitrogens with two attached hydrogens (primary N) is 1. The van der Waals surface area contributed by atoms with Gasteiger partial charge < -0.3 is 5.73 Å². The standard InChI is InChI=1S/C10H8ClN5O/c11-7-3-6(4-8(12)5-7)9(17)15-10-13-1-2-14-16-10/h1-5H,12H2,(H,13,15,16,17).